The van der Waals surface area contributed by atoms with Crippen molar-refractivity contribution in [2.75, 3.05) is 0 Å². The summed E-state index contributed by atoms with van der Waals surface area (Å²) in [6.07, 6.45) is 0. The Balaban J connectivity index is 0. The molecule has 0 bridgehead atoms. The van der Waals surface area contributed by atoms with E-state index in [1.165, 1.54) is 0 Å². The first kappa shape index (κ1) is 30.7. The average molecular weight is 332 g/mol. The fourth-order valence-electron chi connectivity index (χ4n) is 0. The molecule has 0 N–H and O–H groups in total. The van der Waals surface area contributed by atoms with Crippen LogP contribution in [0, 0.1) is 0 Å². The van der Waals surface area contributed by atoms with Crippen molar-refractivity contribution in [3.05, 3.63) is 0 Å². The Hall–Kier alpha value is 2.58. The minimum atomic E-state index is 0. The van der Waals surface area contributed by atoms with Gasteiger partial charge < -0.3 is 0 Å². The molecule has 0 aliphatic heterocycles. The first-order valence-corrected chi connectivity index (χ1v) is 0. The molecule has 0 aromatic rings. The van der Waals surface area contributed by atoms with Crippen LogP contribution < -0.4 is 0 Å². The van der Waals surface area contributed by atoms with E-state index in [0.29, 0.717) is 0 Å². The van der Waals surface area contributed by atoms with E-state index >= 15 is 0 Å². The number of rotatable bonds is 0. The van der Waals surface area contributed by atoms with E-state index in [-0.39, 0.29) is 80.7 Å². The summed E-state index contributed by atoms with van der Waals surface area (Å²) in [5.74, 6) is 0. The maximum absolute atomic E-state index is 0. The molecule has 31 valence electrons. The zero-order valence-corrected chi connectivity index (χ0v) is 4.92. The third-order valence-corrected chi connectivity index (χ3v) is 0. The molecule has 0 aliphatic rings. The second-order valence-electron chi connectivity index (χ2n) is 0. The quantitative estimate of drug-likeness (QED) is 0.403. The Labute approximate surface area is 79.5 Å². The first-order chi connectivity index (χ1) is 0. The molecule has 0 heterocycles. The van der Waals surface area contributed by atoms with Crippen LogP contribution >= 0.6 is 0 Å². The van der Waals surface area contributed by atoms with Gasteiger partial charge in [0.25, 0.3) is 0 Å². The van der Waals surface area contributed by atoms with Gasteiger partial charge in [-0.25, -0.2) is 0 Å². The molecular formula is H9AsCuGaIn. The molecule has 1 unspecified atom stereocenters. The average Bonchev–Trinajstić information content (AvgIpc) is 0. The molecule has 0 aliphatic carbocycles. The summed E-state index contributed by atoms with van der Waals surface area (Å²) in [6.45, 7) is 0. The van der Waals surface area contributed by atoms with Crippen LogP contribution in [0.3, 0.4) is 0 Å². The standard InChI is InChI=1S/AsH3.Cu.Ga.In.6H/h1H3;;;;;;;;;. The Morgan fingerprint density at radius 3 is 1.00 bits per heavy atom. The Kier molecular flexibility index (Phi) is 135. The summed E-state index contributed by atoms with van der Waals surface area (Å²) >= 11 is 0. The van der Waals surface area contributed by atoms with Crippen molar-refractivity contribution < 1.29 is 17.1 Å². The van der Waals surface area contributed by atoms with Gasteiger partial charge in [-0.3, -0.25) is 0 Å². The van der Waals surface area contributed by atoms with Crippen LogP contribution in [0.5, 0.6) is 0 Å². The van der Waals surface area contributed by atoms with E-state index in [1.807, 2.05) is 0 Å². The molecule has 4 heavy (non-hydrogen) atoms. The molecule has 0 spiro atoms. The van der Waals surface area contributed by atoms with Crippen molar-refractivity contribution in [1.82, 2.24) is 0 Å². The second kappa shape index (κ2) is 17.6. The molecule has 0 aromatic heterocycles. The van der Waals surface area contributed by atoms with Gasteiger partial charge in [0.1, 0.15) is 0 Å². The molecule has 0 rings (SSSR count). The third-order valence-electron chi connectivity index (χ3n) is 0. The number of hydrogen-bond donors (Lipinski definition) is 0. The van der Waals surface area contributed by atoms with Gasteiger partial charge in [-0.2, -0.15) is 0 Å². The predicted octanol–water partition coefficient (Wildman–Crippen LogP) is -3.55. The summed E-state index contributed by atoms with van der Waals surface area (Å²) in [6, 6.07) is 0. The Morgan fingerprint density at radius 1 is 1.00 bits per heavy atom. The summed E-state index contributed by atoms with van der Waals surface area (Å²) in [4.78, 5) is 0. The fourth-order valence-corrected chi connectivity index (χ4v) is 0. The summed E-state index contributed by atoms with van der Waals surface area (Å²) in [5, 5.41) is 0. The second-order valence-corrected chi connectivity index (χ2v) is 0. The Morgan fingerprint density at radius 2 is 1.00 bits per heavy atom. The molecular weight excluding hydrogens is 323 g/mol. The molecule has 1 radical (unpaired) electrons. The van der Waals surface area contributed by atoms with Crippen molar-refractivity contribution in [2.45, 2.75) is 0 Å². The molecule has 1 atom stereocenters. The van der Waals surface area contributed by atoms with Crippen LogP contribution in [-0.4, -0.2) is 63.6 Å². The van der Waals surface area contributed by atoms with Crippen LogP contribution in [0.25, 0.3) is 0 Å². The SMILES string of the molecule is [AsH3].[Cu].[GaH3].[InH3]. The van der Waals surface area contributed by atoms with Crippen molar-refractivity contribution in [3.8, 4) is 0 Å². The van der Waals surface area contributed by atoms with E-state index in [4.69, 9.17) is 0 Å². The van der Waals surface area contributed by atoms with Gasteiger partial charge in [-0.05, 0) is 0 Å². The number of hydrogen-bond acceptors (Lipinski definition) is 0. The van der Waals surface area contributed by atoms with E-state index < -0.39 is 0 Å². The summed E-state index contributed by atoms with van der Waals surface area (Å²) in [5.41, 5.74) is 0. The van der Waals surface area contributed by atoms with Crippen molar-refractivity contribution in [1.29, 1.82) is 0 Å². The summed E-state index contributed by atoms with van der Waals surface area (Å²) in [7, 11) is 0. The summed E-state index contributed by atoms with van der Waals surface area (Å²) < 4.78 is 0. The minimum absolute atomic E-state index is 0. The zero-order valence-electron chi connectivity index (χ0n) is 1.01. The van der Waals surface area contributed by atoms with Crippen molar-refractivity contribution in [3.63, 3.8) is 0 Å². The normalized spacial score (nSPS) is 0. The van der Waals surface area contributed by atoms with Crippen LogP contribution in [0.2, 0.25) is 0 Å². The molecule has 0 fully saturated rings. The monoisotopic (exact) mass is 331 g/mol. The van der Waals surface area contributed by atoms with Gasteiger partial charge in [0, 0.05) is 17.1 Å². The van der Waals surface area contributed by atoms with Crippen LogP contribution in [0.1, 0.15) is 0 Å². The Bertz CT molecular complexity index is 8.00. The van der Waals surface area contributed by atoms with Crippen molar-refractivity contribution >= 4 is 63.6 Å². The predicted molar refractivity (Wildman–Crippen MR) is 29.8 cm³/mol. The van der Waals surface area contributed by atoms with E-state index in [1.54, 1.807) is 0 Å². The van der Waals surface area contributed by atoms with E-state index in [2.05, 4.69) is 0 Å². The first-order valence-electron chi connectivity index (χ1n) is 0. The van der Waals surface area contributed by atoms with E-state index in [9.17, 15) is 0 Å². The molecule has 0 aromatic carbocycles. The van der Waals surface area contributed by atoms with Gasteiger partial charge in [0.05, 0.1) is 0 Å². The molecule has 0 nitrogen and oxygen atoms in total. The van der Waals surface area contributed by atoms with Crippen LogP contribution in [-0.2, 0) is 17.1 Å². The van der Waals surface area contributed by atoms with Gasteiger partial charge >= 0.3 is 63.6 Å². The van der Waals surface area contributed by atoms with E-state index in [0.717, 1.165) is 0 Å². The van der Waals surface area contributed by atoms with Gasteiger partial charge in [0.2, 0.25) is 0 Å². The third kappa shape index (κ3) is 8.82. The van der Waals surface area contributed by atoms with Crippen molar-refractivity contribution in [2.24, 2.45) is 0 Å². The van der Waals surface area contributed by atoms with Gasteiger partial charge in [-0.15, -0.1) is 0 Å². The van der Waals surface area contributed by atoms with Gasteiger partial charge in [-0.1, -0.05) is 0 Å². The van der Waals surface area contributed by atoms with Crippen LogP contribution in [0.15, 0.2) is 0 Å². The molecule has 0 saturated heterocycles. The topological polar surface area (TPSA) is 0 Å². The zero-order chi connectivity index (χ0) is 0. The maximum atomic E-state index is 0. The van der Waals surface area contributed by atoms with Gasteiger partial charge in [0.15, 0.2) is 0 Å². The molecule has 4 heteroatoms. The fraction of sp³-hybridized carbons (Fsp3) is 0. The molecule has 0 saturated carbocycles. The molecule has 0 amide bonds. The van der Waals surface area contributed by atoms with Crippen LogP contribution in [0.4, 0.5) is 0 Å².